The first-order valence-electron chi connectivity index (χ1n) is 9.42. The lowest BCUT2D eigenvalue weighted by Gasteiger charge is -2.16. The van der Waals surface area contributed by atoms with E-state index < -0.39 is 6.04 Å². The largest absolute Gasteiger partial charge is 0.457 e. The van der Waals surface area contributed by atoms with E-state index in [1.54, 1.807) is 32.4 Å². The van der Waals surface area contributed by atoms with Gasteiger partial charge < -0.3 is 20.7 Å². The number of benzene rings is 2. The summed E-state index contributed by atoms with van der Waals surface area (Å²) in [5.74, 6) is 1.77. The van der Waals surface area contributed by atoms with Gasteiger partial charge in [0.2, 0.25) is 5.91 Å². The molecular formula is C23H23N5O2. The van der Waals surface area contributed by atoms with Gasteiger partial charge in [-0.3, -0.25) is 4.79 Å². The highest BCUT2D eigenvalue weighted by Crippen LogP contribution is 2.25. The van der Waals surface area contributed by atoms with Crippen LogP contribution >= 0.6 is 0 Å². The number of ether oxygens (including phenoxy) is 1. The van der Waals surface area contributed by atoms with Gasteiger partial charge in [0.05, 0.1) is 11.6 Å². The van der Waals surface area contributed by atoms with Crippen LogP contribution < -0.4 is 15.8 Å². The van der Waals surface area contributed by atoms with E-state index in [0.29, 0.717) is 29.3 Å². The van der Waals surface area contributed by atoms with Crippen molar-refractivity contribution in [3.63, 3.8) is 0 Å². The maximum atomic E-state index is 11.9. The number of anilines is 2. The molecule has 0 unspecified atom stereocenters. The number of hydrogen-bond donors (Lipinski definition) is 2. The van der Waals surface area contributed by atoms with E-state index in [1.807, 2.05) is 48.5 Å². The summed E-state index contributed by atoms with van der Waals surface area (Å²) in [4.78, 5) is 17.6. The van der Waals surface area contributed by atoms with Crippen molar-refractivity contribution < 1.29 is 9.53 Å². The van der Waals surface area contributed by atoms with Gasteiger partial charge in [-0.25, -0.2) is 4.98 Å². The quantitative estimate of drug-likeness (QED) is 0.628. The fourth-order valence-corrected chi connectivity index (χ4v) is 2.84. The second-order valence-corrected chi connectivity index (χ2v) is 6.95. The van der Waals surface area contributed by atoms with Crippen LogP contribution in [0.4, 0.5) is 11.5 Å². The molecule has 0 radical (unpaired) electrons. The van der Waals surface area contributed by atoms with E-state index in [9.17, 15) is 4.79 Å². The Kier molecular flexibility index (Phi) is 6.63. The van der Waals surface area contributed by atoms with Crippen molar-refractivity contribution in [1.29, 1.82) is 5.26 Å². The molecule has 1 amide bonds. The zero-order chi connectivity index (χ0) is 21.5. The summed E-state index contributed by atoms with van der Waals surface area (Å²) in [5.41, 5.74) is 8.19. The van der Waals surface area contributed by atoms with Crippen LogP contribution in [0.2, 0.25) is 0 Å². The van der Waals surface area contributed by atoms with E-state index in [4.69, 9.17) is 15.7 Å². The Bertz CT molecular complexity index is 1040. The van der Waals surface area contributed by atoms with E-state index in [2.05, 4.69) is 16.4 Å². The Hall–Kier alpha value is -3.89. The molecule has 0 aliphatic rings. The Labute approximate surface area is 175 Å². The number of nitriles is 1. The molecule has 3 rings (SSSR count). The second-order valence-electron chi connectivity index (χ2n) is 6.95. The summed E-state index contributed by atoms with van der Waals surface area (Å²) in [7, 11) is 3.39. The third-order valence-corrected chi connectivity index (χ3v) is 4.42. The lowest BCUT2D eigenvalue weighted by Crippen LogP contribution is -2.41. The highest BCUT2D eigenvalue weighted by molar-refractivity contribution is 5.81. The third kappa shape index (κ3) is 5.34. The molecular weight excluding hydrogens is 378 g/mol. The van der Waals surface area contributed by atoms with Gasteiger partial charge in [-0.2, -0.15) is 5.26 Å². The minimum absolute atomic E-state index is 0.100. The zero-order valence-electron chi connectivity index (χ0n) is 16.9. The number of hydrogen-bond acceptors (Lipinski definition) is 6. The van der Waals surface area contributed by atoms with E-state index >= 15 is 0 Å². The fraction of sp³-hybridized carbons (Fsp3) is 0.174. The van der Waals surface area contributed by atoms with Crippen LogP contribution in [-0.2, 0) is 11.2 Å². The number of aromatic nitrogens is 1. The first kappa shape index (κ1) is 20.8. The van der Waals surface area contributed by atoms with Crippen LogP contribution in [0.15, 0.2) is 66.9 Å². The summed E-state index contributed by atoms with van der Waals surface area (Å²) in [6.45, 7) is 0. The third-order valence-electron chi connectivity index (χ3n) is 4.42. The monoisotopic (exact) mass is 401 g/mol. The van der Waals surface area contributed by atoms with Gasteiger partial charge in [-0.1, -0.05) is 12.1 Å². The van der Waals surface area contributed by atoms with Crippen LogP contribution in [0.3, 0.4) is 0 Å². The standard InChI is InChI=1S/C23H23N5O2/c1-28(2)23(29)21(25)14-16-5-9-19(10-6-16)30-20-11-7-18(8-12-20)27-22-17(15-24)4-3-13-26-22/h3-13,21H,14,25H2,1-2H3,(H,26,27)/t21-/m0/s1. The molecule has 152 valence electrons. The molecule has 1 atom stereocenters. The van der Waals surface area contributed by atoms with Gasteiger partial charge >= 0.3 is 0 Å². The molecule has 0 bridgehead atoms. The number of carbonyl (C=O) groups is 1. The molecule has 7 heteroatoms. The molecule has 3 N–H and O–H groups in total. The van der Waals surface area contributed by atoms with E-state index in [0.717, 1.165) is 11.3 Å². The molecule has 0 saturated heterocycles. The summed E-state index contributed by atoms with van der Waals surface area (Å²) < 4.78 is 5.87. The van der Waals surface area contributed by atoms with Crippen LogP contribution in [0, 0.1) is 11.3 Å². The molecule has 0 fully saturated rings. The van der Waals surface area contributed by atoms with Crippen LogP contribution in [0.5, 0.6) is 11.5 Å². The highest BCUT2D eigenvalue weighted by atomic mass is 16.5. The predicted octanol–water partition coefficient (Wildman–Crippen LogP) is 3.45. The second kappa shape index (κ2) is 9.54. The smallest absolute Gasteiger partial charge is 0.239 e. The van der Waals surface area contributed by atoms with Crippen molar-refractivity contribution in [2.75, 3.05) is 19.4 Å². The maximum Gasteiger partial charge on any atom is 0.239 e. The molecule has 0 saturated carbocycles. The van der Waals surface area contributed by atoms with Crippen molar-refractivity contribution >= 4 is 17.4 Å². The first-order valence-corrected chi connectivity index (χ1v) is 9.42. The number of nitrogens with zero attached hydrogens (tertiary/aromatic N) is 3. The van der Waals surface area contributed by atoms with Crippen molar-refractivity contribution in [2.45, 2.75) is 12.5 Å². The fourth-order valence-electron chi connectivity index (χ4n) is 2.84. The number of nitrogens with one attached hydrogen (secondary N) is 1. The van der Waals surface area contributed by atoms with E-state index in [1.165, 1.54) is 4.90 Å². The van der Waals surface area contributed by atoms with Gasteiger partial charge in [-0.05, 0) is 60.5 Å². The van der Waals surface area contributed by atoms with Gasteiger partial charge in [-0.15, -0.1) is 0 Å². The SMILES string of the molecule is CN(C)C(=O)[C@@H](N)Cc1ccc(Oc2ccc(Nc3ncccc3C#N)cc2)cc1. The van der Waals surface area contributed by atoms with Crippen molar-refractivity contribution in [1.82, 2.24) is 9.88 Å². The van der Waals surface area contributed by atoms with Crippen LogP contribution in [0.25, 0.3) is 0 Å². The molecule has 3 aromatic rings. The molecule has 1 aromatic heterocycles. The van der Waals surface area contributed by atoms with Gasteiger partial charge in [0.15, 0.2) is 0 Å². The molecule has 1 heterocycles. The van der Waals surface area contributed by atoms with Crippen molar-refractivity contribution in [3.05, 3.63) is 78.0 Å². The molecule has 0 aliphatic heterocycles. The number of pyridine rings is 1. The lowest BCUT2D eigenvalue weighted by molar-refractivity contribution is -0.130. The Morgan fingerprint density at radius 1 is 1.13 bits per heavy atom. The molecule has 2 aromatic carbocycles. The van der Waals surface area contributed by atoms with Gasteiger partial charge in [0, 0.05) is 26.0 Å². The number of amides is 1. The predicted molar refractivity (Wildman–Crippen MR) is 116 cm³/mol. The summed E-state index contributed by atoms with van der Waals surface area (Å²) >= 11 is 0. The Morgan fingerprint density at radius 3 is 2.37 bits per heavy atom. The highest BCUT2D eigenvalue weighted by Gasteiger charge is 2.15. The molecule has 0 aliphatic carbocycles. The van der Waals surface area contributed by atoms with Crippen molar-refractivity contribution in [2.24, 2.45) is 5.73 Å². The number of likely N-dealkylation sites (N-methyl/N-ethyl adjacent to an activating group) is 1. The Balaban J connectivity index is 1.60. The van der Waals surface area contributed by atoms with Gasteiger partial charge in [0.1, 0.15) is 23.4 Å². The summed E-state index contributed by atoms with van der Waals surface area (Å²) in [5, 5.41) is 12.3. The molecule has 30 heavy (non-hydrogen) atoms. The zero-order valence-corrected chi connectivity index (χ0v) is 16.9. The number of carbonyl (C=O) groups excluding carboxylic acids is 1. The number of nitrogens with two attached hydrogens (primary N) is 1. The van der Waals surface area contributed by atoms with Gasteiger partial charge in [0.25, 0.3) is 0 Å². The average molecular weight is 401 g/mol. The average Bonchev–Trinajstić information content (AvgIpc) is 2.76. The molecule has 7 nitrogen and oxygen atoms in total. The van der Waals surface area contributed by atoms with Crippen LogP contribution in [0.1, 0.15) is 11.1 Å². The Morgan fingerprint density at radius 2 is 1.77 bits per heavy atom. The molecule has 0 spiro atoms. The van der Waals surface area contributed by atoms with E-state index in [-0.39, 0.29) is 5.91 Å². The first-order chi connectivity index (χ1) is 14.5. The van der Waals surface area contributed by atoms with Crippen LogP contribution in [-0.4, -0.2) is 35.9 Å². The minimum Gasteiger partial charge on any atom is -0.457 e. The summed E-state index contributed by atoms with van der Waals surface area (Å²) in [6, 6.07) is 19.8. The normalized spacial score (nSPS) is 11.3. The summed E-state index contributed by atoms with van der Waals surface area (Å²) in [6.07, 6.45) is 2.10. The maximum absolute atomic E-state index is 11.9. The lowest BCUT2D eigenvalue weighted by atomic mass is 10.1. The number of rotatable bonds is 7. The topological polar surface area (TPSA) is 104 Å². The van der Waals surface area contributed by atoms with Crippen molar-refractivity contribution in [3.8, 4) is 17.6 Å². The minimum atomic E-state index is -0.563.